The summed E-state index contributed by atoms with van der Waals surface area (Å²) in [5.41, 5.74) is 5.85. The summed E-state index contributed by atoms with van der Waals surface area (Å²) in [5, 5.41) is 1.75. The third kappa shape index (κ3) is 3.61. The van der Waals surface area contributed by atoms with Crippen LogP contribution in [0.1, 0.15) is 58.7 Å². The Hall–Kier alpha value is -0.770. The standard InChI is InChI=1S/C14H23N3S/c1-14(2,3)13-16-11(15)9-12(17-13)18-10-7-5-4-6-8-10/h9-10H,4-8H2,1-3H3,(H2,15,16,17). The summed E-state index contributed by atoms with van der Waals surface area (Å²) in [4.78, 5) is 9.02. The molecule has 0 amide bonds. The molecule has 1 heterocycles. The summed E-state index contributed by atoms with van der Waals surface area (Å²) in [7, 11) is 0. The molecule has 18 heavy (non-hydrogen) atoms. The average Bonchev–Trinajstić information content (AvgIpc) is 2.28. The zero-order chi connectivity index (χ0) is 13.2. The van der Waals surface area contributed by atoms with E-state index in [1.807, 2.05) is 17.8 Å². The second-order valence-corrected chi connectivity index (χ2v) is 7.40. The molecule has 1 aliphatic rings. The molecule has 100 valence electrons. The average molecular weight is 265 g/mol. The zero-order valence-corrected chi connectivity index (χ0v) is 12.4. The number of nitrogen functional groups attached to an aromatic ring is 1. The van der Waals surface area contributed by atoms with Crippen molar-refractivity contribution in [2.24, 2.45) is 0 Å². The fraction of sp³-hybridized carbons (Fsp3) is 0.714. The van der Waals surface area contributed by atoms with Gasteiger partial charge in [0.25, 0.3) is 0 Å². The summed E-state index contributed by atoms with van der Waals surface area (Å²) in [6, 6.07) is 1.91. The molecule has 3 nitrogen and oxygen atoms in total. The first-order valence-electron chi connectivity index (χ1n) is 6.77. The van der Waals surface area contributed by atoms with Crippen LogP contribution in [0.3, 0.4) is 0 Å². The van der Waals surface area contributed by atoms with Gasteiger partial charge in [0.2, 0.25) is 0 Å². The van der Waals surface area contributed by atoms with Crippen LogP contribution < -0.4 is 5.73 Å². The molecule has 1 aliphatic carbocycles. The molecule has 0 unspecified atom stereocenters. The molecule has 0 spiro atoms. The molecule has 2 rings (SSSR count). The quantitative estimate of drug-likeness (QED) is 0.827. The molecule has 0 bridgehead atoms. The molecule has 1 aromatic heterocycles. The van der Waals surface area contributed by atoms with Gasteiger partial charge in [0.05, 0.1) is 0 Å². The lowest BCUT2D eigenvalue weighted by Crippen LogP contribution is -2.18. The Labute approximate surface area is 114 Å². The zero-order valence-electron chi connectivity index (χ0n) is 11.6. The Kier molecular flexibility index (Phi) is 4.15. The van der Waals surface area contributed by atoms with Crippen LogP contribution in [-0.2, 0) is 5.41 Å². The van der Waals surface area contributed by atoms with Crippen molar-refractivity contribution in [3.8, 4) is 0 Å². The van der Waals surface area contributed by atoms with Gasteiger partial charge in [-0.25, -0.2) is 9.97 Å². The van der Waals surface area contributed by atoms with Gasteiger partial charge in [0, 0.05) is 16.7 Å². The van der Waals surface area contributed by atoms with Crippen LogP contribution >= 0.6 is 11.8 Å². The van der Waals surface area contributed by atoms with Gasteiger partial charge >= 0.3 is 0 Å². The van der Waals surface area contributed by atoms with E-state index in [-0.39, 0.29) is 5.41 Å². The minimum atomic E-state index is -0.0444. The van der Waals surface area contributed by atoms with Gasteiger partial charge in [0.1, 0.15) is 16.7 Å². The Balaban J connectivity index is 2.14. The van der Waals surface area contributed by atoms with Crippen molar-refractivity contribution in [2.45, 2.75) is 68.6 Å². The topological polar surface area (TPSA) is 51.8 Å². The van der Waals surface area contributed by atoms with E-state index < -0.39 is 0 Å². The minimum absolute atomic E-state index is 0.0444. The highest BCUT2D eigenvalue weighted by molar-refractivity contribution is 7.99. The molecule has 0 radical (unpaired) electrons. The highest BCUT2D eigenvalue weighted by Gasteiger charge is 2.21. The van der Waals surface area contributed by atoms with E-state index in [9.17, 15) is 0 Å². The van der Waals surface area contributed by atoms with Crippen molar-refractivity contribution in [3.63, 3.8) is 0 Å². The highest BCUT2D eigenvalue weighted by atomic mass is 32.2. The number of aromatic nitrogens is 2. The molecular weight excluding hydrogens is 242 g/mol. The van der Waals surface area contributed by atoms with E-state index in [2.05, 4.69) is 30.7 Å². The van der Waals surface area contributed by atoms with E-state index in [0.717, 1.165) is 10.9 Å². The molecule has 4 heteroatoms. The Morgan fingerprint density at radius 2 is 1.83 bits per heavy atom. The number of nitrogens with zero attached hydrogens (tertiary/aromatic N) is 2. The van der Waals surface area contributed by atoms with E-state index in [0.29, 0.717) is 11.1 Å². The molecule has 1 aromatic rings. The maximum Gasteiger partial charge on any atom is 0.137 e. The van der Waals surface area contributed by atoms with Gasteiger partial charge in [-0.05, 0) is 12.8 Å². The van der Waals surface area contributed by atoms with Crippen molar-refractivity contribution in [1.29, 1.82) is 0 Å². The van der Waals surface area contributed by atoms with Crippen LogP contribution in [0, 0.1) is 0 Å². The number of thioether (sulfide) groups is 1. The fourth-order valence-corrected chi connectivity index (χ4v) is 3.43. The third-order valence-electron chi connectivity index (χ3n) is 3.23. The van der Waals surface area contributed by atoms with Gasteiger partial charge in [-0.3, -0.25) is 0 Å². The summed E-state index contributed by atoms with van der Waals surface area (Å²) in [6.07, 6.45) is 6.70. The van der Waals surface area contributed by atoms with Crippen molar-refractivity contribution in [1.82, 2.24) is 9.97 Å². The Morgan fingerprint density at radius 3 is 2.44 bits per heavy atom. The maximum absolute atomic E-state index is 5.90. The molecule has 1 saturated carbocycles. The van der Waals surface area contributed by atoms with E-state index in [1.165, 1.54) is 32.1 Å². The maximum atomic E-state index is 5.90. The van der Waals surface area contributed by atoms with E-state index in [1.54, 1.807) is 0 Å². The molecule has 1 fully saturated rings. The summed E-state index contributed by atoms with van der Waals surface area (Å²) >= 11 is 1.88. The van der Waals surface area contributed by atoms with Crippen LogP contribution in [0.2, 0.25) is 0 Å². The summed E-state index contributed by atoms with van der Waals surface area (Å²) in [5.74, 6) is 1.44. The number of rotatable bonds is 2. The molecule has 0 saturated heterocycles. The number of hydrogen-bond acceptors (Lipinski definition) is 4. The minimum Gasteiger partial charge on any atom is -0.384 e. The second-order valence-electron chi connectivity index (χ2n) is 6.08. The number of hydrogen-bond donors (Lipinski definition) is 1. The first-order chi connectivity index (χ1) is 8.45. The van der Waals surface area contributed by atoms with Crippen LogP contribution in [0.25, 0.3) is 0 Å². The van der Waals surface area contributed by atoms with E-state index in [4.69, 9.17) is 5.73 Å². The van der Waals surface area contributed by atoms with Crippen LogP contribution in [0.4, 0.5) is 5.82 Å². The van der Waals surface area contributed by atoms with Gasteiger partial charge in [-0.1, -0.05) is 40.0 Å². The lowest BCUT2D eigenvalue weighted by Gasteiger charge is -2.22. The third-order valence-corrected chi connectivity index (χ3v) is 4.49. The molecule has 0 aromatic carbocycles. The number of anilines is 1. The highest BCUT2D eigenvalue weighted by Crippen LogP contribution is 2.34. The molecule has 0 atom stereocenters. The van der Waals surface area contributed by atoms with E-state index >= 15 is 0 Å². The van der Waals surface area contributed by atoms with Crippen molar-refractivity contribution in [2.75, 3.05) is 5.73 Å². The normalized spacial score (nSPS) is 17.9. The molecule has 2 N–H and O–H groups in total. The van der Waals surface area contributed by atoms with Crippen LogP contribution in [-0.4, -0.2) is 15.2 Å². The lowest BCUT2D eigenvalue weighted by atomic mass is 9.96. The Bertz CT molecular complexity index is 406. The second kappa shape index (κ2) is 5.47. The van der Waals surface area contributed by atoms with Crippen molar-refractivity contribution < 1.29 is 0 Å². The van der Waals surface area contributed by atoms with Crippen molar-refractivity contribution >= 4 is 17.6 Å². The molecular formula is C14H23N3S. The first kappa shape index (κ1) is 13.7. The largest absolute Gasteiger partial charge is 0.384 e. The predicted octanol–water partition coefficient (Wildman–Crippen LogP) is 3.78. The van der Waals surface area contributed by atoms with Gasteiger partial charge < -0.3 is 5.73 Å². The Morgan fingerprint density at radius 1 is 1.17 bits per heavy atom. The summed E-state index contributed by atoms with van der Waals surface area (Å²) < 4.78 is 0. The van der Waals surface area contributed by atoms with Crippen LogP contribution in [0.5, 0.6) is 0 Å². The monoisotopic (exact) mass is 265 g/mol. The lowest BCUT2D eigenvalue weighted by molar-refractivity contribution is 0.514. The fourth-order valence-electron chi connectivity index (χ4n) is 2.19. The smallest absolute Gasteiger partial charge is 0.137 e. The predicted molar refractivity (Wildman–Crippen MR) is 77.9 cm³/mol. The summed E-state index contributed by atoms with van der Waals surface area (Å²) in [6.45, 7) is 6.37. The number of nitrogens with two attached hydrogens (primary N) is 1. The van der Waals surface area contributed by atoms with Gasteiger partial charge in [0.15, 0.2) is 0 Å². The van der Waals surface area contributed by atoms with Crippen LogP contribution in [0.15, 0.2) is 11.1 Å². The SMILES string of the molecule is CC(C)(C)c1nc(N)cc(SC2CCCCC2)n1. The van der Waals surface area contributed by atoms with Gasteiger partial charge in [-0.2, -0.15) is 0 Å². The van der Waals surface area contributed by atoms with Crippen molar-refractivity contribution in [3.05, 3.63) is 11.9 Å². The molecule has 0 aliphatic heterocycles. The first-order valence-corrected chi connectivity index (χ1v) is 7.65. The van der Waals surface area contributed by atoms with Gasteiger partial charge in [-0.15, -0.1) is 11.8 Å².